The van der Waals surface area contributed by atoms with Crippen LogP contribution in [0.2, 0.25) is 0 Å². The van der Waals surface area contributed by atoms with Crippen LogP contribution in [0.5, 0.6) is 0 Å². The van der Waals surface area contributed by atoms with Crippen molar-refractivity contribution in [1.29, 1.82) is 0 Å². The number of aliphatic hydroxyl groups is 1. The van der Waals surface area contributed by atoms with Crippen molar-refractivity contribution in [3.8, 4) is 0 Å². The van der Waals surface area contributed by atoms with Crippen LogP contribution in [0.15, 0.2) is 0 Å². The summed E-state index contributed by atoms with van der Waals surface area (Å²) >= 11 is 0. The van der Waals surface area contributed by atoms with Crippen LogP contribution in [0.1, 0.15) is 32.1 Å². The molecule has 0 bridgehead atoms. The van der Waals surface area contributed by atoms with Gasteiger partial charge in [0.1, 0.15) is 0 Å². The lowest BCUT2D eigenvalue weighted by molar-refractivity contribution is 0.172. The van der Waals surface area contributed by atoms with Crippen LogP contribution in [0.3, 0.4) is 0 Å². The first-order valence-corrected chi connectivity index (χ1v) is 5.17. The van der Waals surface area contributed by atoms with Gasteiger partial charge in [-0.25, -0.2) is 10.6 Å². The summed E-state index contributed by atoms with van der Waals surface area (Å²) in [6.45, 7) is 0.0765. The van der Waals surface area contributed by atoms with Gasteiger partial charge in [-0.15, -0.1) is 0 Å². The van der Waals surface area contributed by atoms with Crippen LogP contribution in [-0.4, -0.2) is 40.8 Å². The van der Waals surface area contributed by atoms with Gasteiger partial charge in [0.25, 0.3) is 0 Å². The maximum absolute atomic E-state index is 11.4. The molecule has 0 unspecified atom stereocenters. The van der Waals surface area contributed by atoms with Gasteiger partial charge in [-0.05, 0) is 12.8 Å². The Labute approximate surface area is 89.7 Å². The van der Waals surface area contributed by atoms with Crippen LogP contribution in [0.4, 0.5) is 4.79 Å². The van der Waals surface area contributed by atoms with E-state index in [0.717, 1.165) is 17.9 Å². The fraction of sp³-hybridized carbons (Fsp3) is 0.889. The highest BCUT2D eigenvalue weighted by atomic mass is 16.3. The molecule has 0 aromatic carbocycles. The predicted octanol–water partition coefficient (Wildman–Crippen LogP) is -0.628. The van der Waals surface area contributed by atoms with E-state index < -0.39 is 0 Å². The third-order valence-corrected chi connectivity index (χ3v) is 2.53. The van der Waals surface area contributed by atoms with Gasteiger partial charge in [0.2, 0.25) is 0 Å². The first kappa shape index (κ1) is 14.2. The number of urea groups is 1. The van der Waals surface area contributed by atoms with Gasteiger partial charge >= 0.3 is 6.03 Å². The fourth-order valence-electron chi connectivity index (χ4n) is 1.71. The van der Waals surface area contributed by atoms with Gasteiger partial charge in [0, 0.05) is 6.04 Å². The van der Waals surface area contributed by atoms with E-state index in [1.54, 1.807) is 0 Å². The van der Waals surface area contributed by atoms with Crippen LogP contribution in [0, 0.1) is 0 Å². The average molecular weight is 219 g/mol. The Morgan fingerprint density at radius 2 is 2.00 bits per heavy atom. The summed E-state index contributed by atoms with van der Waals surface area (Å²) in [5, 5.41) is 12.5. The van der Waals surface area contributed by atoms with Gasteiger partial charge in [-0.2, -0.15) is 0 Å². The number of rotatable bonds is 3. The van der Waals surface area contributed by atoms with Gasteiger partial charge in [-0.1, -0.05) is 19.3 Å². The molecule has 90 valence electrons. The van der Waals surface area contributed by atoms with Crippen molar-refractivity contribution in [2.45, 2.75) is 38.1 Å². The third kappa shape index (κ3) is 4.96. The SMILES string of the molecule is NN(CCO)C(=O)NC1CCCCC1.O. The van der Waals surface area contributed by atoms with Crippen LogP contribution < -0.4 is 11.2 Å². The summed E-state index contributed by atoms with van der Waals surface area (Å²) in [7, 11) is 0. The number of hydrogen-bond acceptors (Lipinski definition) is 3. The van der Waals surface area contributed by atoms with Crippen molar-refractivity contribution in [3.63, 3.8) is 0 Å². The van der Waals surface area contributed by atoms with Crippen molar-refractivity contribution >= 4 is 6.03 Å². The maximum Gasteiger partial charge on any atom is 0.331 e. The number of aliphatic hydroxyl groups excluding tert-OH is 1. The van der Waals surface area contributed by atoms with E-state index in [0.29, 0.717) is 0 Å². The Balaban J connectivity index is 0.00000196. The number of carbonyl (C=O) groups excluding carboxylic acids is 1. The second-order valence-electron chi connectivity index (χ2n) is 3.70. The van der Waals surface area contributed by atoms with E-state index in [1.807, 2.05) is 0 Å². The molecule has 1 fully saturated rings. The second kappa shape index (κ2) is 7.44. The summed E-state index contributed by atoms with van der Waals surface area (Å²) in [6, 6.07) is -0.0213. The Morgan fingerprint density at radius 1 is 1.40 bits per heavy atom. The highest BCUT2D eigenvalue weighted by Gasteiger charge is 2.17. The van der Waals surface area contributed by atoms with Crippen LogP contribution >= 0.6 is 0 Å². The molecule has 6 nitrogen and oxygen atoms in total. The quantitative estimate of drug-likeness (QED) is 0.334. The molecule has 0 aromatic rings. The number of amides is 2. The number of nitrogens with zero attached hydrogens (tertiary/aromatic N) is 1. The molecule has 6 heteroatoms. The van der Waals surface area contributed by atoms with E-state index in [1.165, 1.54) is 19.3 Å². The van der Waals surface area contributed by atoms with Gasteiger partial charge < -0.3 is 15.9 Å². The van der Waals surface area contributed by atoms with Crippen LogP contribution in [-0.2, 0) is 0 Å². The van der Waals surface area contributed by atoms with Crippen molar-refractivity contribution in [2.24, 2.45) is 5.84 Å². The lowest BCUT2D eigenvalue weighted by Crippen LogP contribution is -2.49. The standard InChI is InChI=1S/C9H19N3O2.H2O/c10-12(6-7-13)9(14)11-8-4-2-1-3-5-8;/h8,13H,1-7,10H2,(H,11,14);1H2. The molecule has 15 heavy (non-hydrogen) atoms. The molecule has 6 N–H and O–H groups in total. The zero-order chi connectivity index (χ0) is 10.4. The maximum atomic E-state index is 11.4. The molecule has 2 amide bonds. The topological polar surface area (TPSA) is 110 Å². The Morgan fingerprint density at radius 3 is 2.53 bits per heavy atom. The van der Waals surface area contributed by atoms with E-state index in [4.69, 9.17) is 10.9 Å². The summed E-state index contributed by atoms with van der Waals surface area (Å²) in [6.07, 6.45) is 5.69. The third-order valence-electron chi connectivity index (χ3n) is 2.53. The number of hydrazine groups is 1. The van der Waals surface area contributed by atoms with Gasteiger partial charge in [-0.3, -0.25) is 5.01 Å². The summed E-state index contributed by atoms with van der Waals surface area (Å²) in [4.78, 5) is 11.4. The van der Waals surface area contributed by atoms with Gasteiger partial charge in [0.05, 0.1) is 13.2 Å². The second-order valence-corrected chi connectivity index (χ2v) is 3.70. The van der Waals surface area contributed by atoms with Crippen molar-refractivity contribution < 1.29 is 15.4 Å². The molecular formula is C9H21N3O3. The first-order valence-electron chi connectivity index (χ1n) is 5.17. The Hall–Kier alpha value is -0.850. The molecule has 1 aliphatic rings. The smallest absolute Gasteiger partial charge is 0.331 e. The predicted molar refractivity (Wildman–Crippen MR) is 57.0 cm³/mol. The number of nitrogens with two attached hydrogens (primary N) is 1. The van der Waals surface area contributed by atoms with E-state index in [2.05, 4.69) is 5.32 Å². The molecule has 0 radical (unpaired) electrons. The normalized spacial score (nSPS) is 16.7. The van der Waals surface area contributed by atoms with E-state index in [9.17, 15) is 4.79 Å². The van der Waals surface area contributed by atoms with Crippen molar-refractivity contribution in [2.75, 3.05) is 13.2 Å². The van der Waals surface area contributed by atoms with Crippen molar-refractivity contribution in [1.82, 2.24) is 10.3 Å². The highest BCUT2D eigenvalue weighted by molar-refractivity contribution is 5.73. The number of nitrogens with one attached hydrogen (secondary N) is 1. The lowest BCUT2D eigenvalue weighted by atomic mass is 9.96. The molecule has 0 atom stereocenters. The molecule has 1 saturated carbocycles. The largest absolute Gasteiger partial charge is 0.412 e. The minimum atomic E-state index is -0.286. The minimum absolute atomic E-state index is 0. The Bertz CT molecular complexity index is 183. The van der Waals surface area contributed by atoms with E-state index >= 15 is 0 Å². The fourth-order valence-corrected chi connectivity index (χ4v) is 1.71. The molecule has 0 spiro atoms. The zero-order valence-corrected chi connectivity index (χ0v) is 8.91. The molecule has 1 rings (SSSR count). The zero-order valence-electron chi connectivity index (χ0n) is 8.91. The summed E-state index contributed by atoms with van der Waals surface area (Å²) in [5.74, 6) is 5.41. The molecule has 1 aliphatic carbocycles. The summed E-state index contributed by atoms with van der Waals surface area (Å²) in [5.41, 5.74) is 0. The molecule has 0 aromatic heterocycles. The first-order chi connectivity index (χ1) is 6.74. The number of carbonyl (C=O) groups is 1. The van der Waals surface area contributed by atoms with Crippen LogP contribution in [0.25, 0.3) is 0 Å². The molecule has 0 saturated heterocycles. The van der Waals surface area contributed by atoms with Gasteiger partial charge in [0.15, 0.2) is 0 Å². The average Bonchev–Trinajstić information content (AvgIpc) is 2.19. The lowest BCUT2D eigenvalue weighted by Gasteiger charge is -2.25. The molecular weight excluding hydrogens is 198 g/mol. The van der Waals surface area contributed by atoms with E-state index in [-0.39, 0.29) is 30.7 Å². The van der Waals surface area contributed by atoms with Crippen molar-refractivity contribution in [3.05, 3.63) is 0 Å². The molecule has 0 aliphatic heterocycles. The number of hydrogen-bond donors (Lipinski definition) is 3. The molecule has 0 heterocycles. The highest BCUT2D eigenvalue weighted by Crippen LogP contribution is 2.17. The minimum Gasteiger partial charge on any atom is -0.412 e. The Kier molecular flexibility index (Phi) is 7.02. The monoisotopic (exact) mass is 219 g/mol. The summed E-state index contributed by atoms with van der Waals surface area (Å²) < 4.78 is 0.